The van der Waals surface area contributed by atoms with E-state index in [0.29, 0.717) is 10.3 Å². The Hall–Kier alpha value is -2.39. The third-order valence-corrected chi connectivity index (χ3v) is 3.28. The predicted molar refractivity (Wildman–Crippen MR) is 88.6 cm³/mol. The smallest absolute Gasteiger partial charge is 0.261 e. The summed E-state index contributed by atoms with van der Waals surface area (Å²) in [6.07, 6.45) is 1.41. The molecule has 0 saturated carbocycles. The molecule has 1 heterocycles. The Bertz CT molecular complexity index is 741. The van der Waals surface area contributed by atoms with Gasteiger partial charge in [-0.15, -0.1) is 0 Å². The number of benzene rings is 1. The van der Waals surface area contributed by atoms with Crippen LogP contribution in [0.3, 0.4) is 0 Å². The van der Waals surface area contributed by atoms with Crippen LogP contribution in [-0.4, -0.2) is 18.7 Å². The molecule has 6 heteroatoms. The van der Waals surface area contributed by atoms with Crippen molar-refractivity contribution >= 4 is 35.8 Å². The molecule has 1 atom stereocenters. The second-order valence-corrected chi connectivity index (χ2v) is 5.23. The number of carbonyl (C=O) groups is 1. The number of pyridine rings is 1. The van der Waals surface area contributed by atoms with Crippen molar-refractivity contribution in [2.45, 2.75) is 5.94 Å². The van der Waals surface area contributed by atoms with Crippen LogP contribution < -0.4 is 5.32 Å². The van der Waals surface area contributed by atoms with Crippen LogP contribution in [-0.2, 0) is 4.79 Å². The van der Waals surface area contributed by atoms with Crippen molar-refractivity contribution in [2.75, 3.05) is 0 Å². The van der Waals surface area contributed by atoms with Crippen LogP contribution in [0.25, 0.3) is 6.08 Å². The maximum Gasteiger partial charge on any atom is 0.261 e. The number of rotatable bonds is 4. The number of carbonyl (C=O) groups excluding carboxylic acids is 1. The van der Waals surface area contributed by atoms with E-state index in [4.69, 9.17) is 13.1 Å². The fourth-order valence-corrected chi connectivity index (χ4v) is 2.12. The molecule has 106 valence electrons. The van der Waals surface area contributed by atoms with Crippen molar-refractivity contribution < 1.29 is 4.79 Å². The van der Waals surface area contributed by atoms with Crippen LogP contribution in [0.2, 0.25) is 0 Å². The molecular weight excluding hydrogens is 341 g/mol. The largest absolute Gasteiger partial charge is 0.353 e. The molecule has 2 rings (SSSR count). The lowest BCUT2D eigenvalue weighted by molar-refractivity contribution is -0.117. The van der Waals surface area contributed by atoms with Crippen molar-refractivity contribution in [3.8, 4) is 6.07 Å². The van der Waals surface area contributed by atoms with Gasteiger partial charge < -0.3 is 5.32 Å². The first-order chi connectivity index (χ1) is 10.6. The monoisotopic (exact) mass is 351 g/mol. The van der Waals surface area contributed by atoms with Crippen molar-refractivity contribution in [1.82, 2.24) is 10.3 Å². The minimum Gasteiger partial charge on any atom is -0.353 e. The number of aromatic nitrogens is 1. The molecule has 0 saturated heterocycles. The third kappa shape index (κ3) is 4.30. The van der Waals surface area contributed by atoms with E-state index in [1.165, 1.54) is 6.08 Å². The zero-order valence-electron chi connectivity index (χ0n) is 11.5. The van der Waals surface area contributed by atoms with Crippen molar-refractivity contribution in [3.05, 3.63) is 70.0 Å². The predicted octanol–water partition coefficient (Wildman–Crippen LogP) is 2.73. The Kier molecular flexibility index (Phi) is 5.51. The van der Waals surface area contributed by atoms with Crippen molar-refractivity contribution in [2.24, 2.45) is 0 Å². The molecule has 0 fully saturated rings. The zero-order valence-corrected chi connectivity index (χ0v) is 13.1. The second kappa shape index (κ2) is 7.57. The fraction of sp³-hybridized carbons (Fsp3) is 0.0625. The summed E-state index contributed by atoms with van der Waals surface area (Å²) in [4.78, 5) is 16.3. The van der Waals surface area contributed by atoms with Crippen LogP contribution in [0, 0.1) is 11.3 Å². The molecule has 1 N–H and O–H groups in total. The highest BCUT2D eigenvalue weighted by Gasteiger charge is 2.13. The average molecular weight is 352 g/mol. The quantitative estimate of drug-likeness (QED) is 0.398. The maximum atomic E-state index is 12.1. The number of nitrogens with zero attached hydrogens (tertiary/aromatic N) is 2. The van der Waals surface area contributed by atoms with Gasteiger partial charge >= 0.3 is 0 Å². The summed E-state index contributed by atoms with van der Waals surface area (Å²) in [5.74, 6) is -1.22. The molecule has 22 heavy (non-hydrogen) atoms. The van der Waals surface area contributed by atoms with Gasteiger partial charge in [-0.05, 0) is 39.7 Å². The SMILES string of the molecule is [B][C@H](NC(=O)/C(C#N)=C/c1cccc(Br)n1)c1ccccc1. The summed E-state index contributed by atoms with van der Waals surface area (Å²) in [6.45, 7) is 0. The molecule has 4 nitrogen and oxygen atoms in total. The highest BCUT2D eigenvalue weighted by molar-refractivity contribution is 9.10. The highest BCUT2D eigenvalue weighted by Crippen LogP contribution is 2.12. The third-order valence-electron chi connectivity index (χ3n) is 2.84. The average Bonchev–Trinajstić information content (AvgIpc) is 2.53. The number of halogens is 1. The van der Waals surface area contributed by atoms with E-state index in [-0.39, 0.29) is 5.57 Å². The summed E-state index contributed by atoms with van der Waals surface area (Å²) < 4.78 is 0.625. The highest BCUT2D eigenvalue weighted by atomic mass is 79.9. The fourth-order valence-electron chi connectivity index (χ4n) is 1.76. The molecule has 0 spiro atoms. The molecule has 0 aliphatic heterocycles. The van der Waals surface area contributed by atoms with Crippen LogP contribution in [0.1, 0.15) is 17.2 Å². The lowest BCUT2D eigenvalue weighted by Crippen LogP contribution is -2.29. The Morgan fingerprint density at radius 1 is 1.27 bits per heavy atom. The van der Waals surface area contributed by atoms with E-state index in [0.717, 1.165) is 5.56 Å². The molecule has 2 aromatic rings. The van der Waals surface area contributed by atoms with Gasteiger partial charge in [0, 0.05) is 5.94 Å². The van der Waals surface area contributed by atoms with E-state index in [1.807, 2.05) is 24.3 Å². The number of hydrogen-bond donors (Lipinski definition) is 1. The topological polar surface area (TPSA) is 65.8 Å². The van der Waals surface area contributed by atoms with Crippen molar-refractivity contribution in [3.63, 3.8) is 0 Å². The van der Waals surface area contributed by atoms with Gasteiger partial charge in [0.25, 0.3) is 5.91 Å². The van der Waals surface area contributed by atoms with Crippen LogP contribution >= 0.6 is 15.9 Å². The first kappa shape index (κ1) is 16.0. The summed E-state index contributed by atoms with van der Waals surface area (Å²) in [5, 5.41) is 11.7. The minimum atomic E-state index is -0.680. The Morgan fingerprint density at radius 2 is 2.00 bits per heavy atom. The van der Waals surface area contributed by atoms with Crippen molar-refractivity contribution in [1.29, 1.82) is 5.26 Å². The first-order valence-corrected chi connectivity index (χ1v) is 7.25. The first-order valence-electron chi connectivity index (χ1n) is 6.46. The summed E-state index contributed by atoms with van der Waals surface area (Å²) >= 11 is 3.24. The Labute approximate surface area is 138 Å². The lowest BCUT2D eigenvalue weighted by Gasteiger charge is -2.14. The van der Waals surface area contributed by atoms with Crippen LogP contribution in [0.15, 0.2) is 58.7 Å². The lowest BCUT2D eigenvalue weighted by atomic mass is 9.89. The van der Waals surface area contributed by atoms with Gasteiger partial charge in [-0.2, -0.15) is 5.26 Å². The molecule has 0 unspecified atom stereocenters. The molecule has 1 amide bonds. The number of hydrogen-bond acceptors (Lipinski definition) is 3. The molecule has 0 aliphatic rings. The van der Waals surface area contributed by atoms with E-state index >= 15 is 0 Å². The number of amides is 1. The Balaban J connectivity index is 2.14. The van der Waals surface area contributed by atoms with Gasteiger partial charge in [-0.3, -0.25) is 4.79 Å². The molecular formula is C16H11BBrN3O. The van der Waals surface area contributed by atoms with Gasteiger partial charge in [0.2, 0.25) is 0 Å². The van der Waals surface area contributed by atoms with E-state index in [1.54, 1.807) is 30.3 Å². The summed E-state index contributed by atoms with van der Waals surface area (Å²) in [5.41, 5.74) is 1.21. The summed E-state index contributed by atoms with van der Waals surface area (Å²) in [6, 6.07) is 16.2. The van der Waals surface area contributed by atoms with E-state index in [2.05, 4.69) is 26.2 Å². The number of nitriles is 1. The van der Waals surface area contributed by atoms with Gasteiger partial charge in [0.15, 0.2) is 0 Å². The maximum absolute atomic E-state index is 12.1. The van der Waals surface area contributed by atoms with Gasteiger partial charge in [-0.1, -0.05) is 36.4 Å². The summed E-state index contributed by atoms with van der Waals surface area (Å²) in [7, 11) is 5.91. The van der Waals surface area contributed by atoms with Gasteiger partial charge in [0.1, 0.15) is 24.1 Å². The second-order valence-electron chi connectivity index (χ2n) is 4.42. The zero-order chi connectivity index (χ0) is 15.9. The van der Waals surface area contributed by atoms with Crippen LogP contribution in [0.5, 0.6) is 0 Å². The standard InChI is InChI=1S/C16H11BBrN3O/c17-15(11-5-2-1-3-6-11)21-16(22)12(10-19)9-13-7-4-8-14(18)20-13/h1-9,15H,(H,21,22)/b12-9+/t15-/m1/s1. The van der Waals surface area contributed by atoms with Crippen LogP contribution in [0.4, 0.5) is 0 Å². The molecule has 0 aliphatic carbocycles. The Morgan fingerprint density at radius 3 is 2.64 bits per heavy atom. The van der Waals surface area contributed by atoms with E-state index < -0.39 is 11.8 Å². The van der Waals surface area contributed by atoms with Gasteiger partial charge in [-0.25, -0.2) is 4.98 Å². The normalized spacial score (nSPS) is 12.3. The van der Waals surface area contributed by atoms with E-state index in [9.17, 15) is 4.79 Å². The molecule has 1 aromatic carbocycles. The minimum absolute atomic E-state index is 0.0584. The molecule has 0 bridgehead atoms. The molecule has 2 radical (unpaired) electrons. The van der Waals surface area contributed by atoms with Gasteiger partial charge in [0.05, 0.1) is 5.69 Å². The number of nitrogens with one attached hydrogen (secondary N) is 1. The molecule has 1 aromatic heterocycles.